The van der Waals surface area contributed by atoms with E-state index >= 15 is 0 Å². The number of carbonyl (C=O) groups is 2. The Labute approximate surface area is 162 Å². The van der Waals surface area contributed by atoms with E-state index < -0.39 is 0 Å². The van der Waals surface area contributed by atoms with E-state index in [0.29, 0.717) is 28.5 Å². The Kier molecular flexibility index (Phi) is 6.18. The third kappa shape index (κ3) is 5.15. The lowest BCUT2D eigenvalue weighted by atomic mass is 10.1. The first-order valence-corrected chi connectivity index (χ1v) is 8.85. The first-order chi connectivity index (χ1) is 13.1. The molecule has 27 heavy (non-hydrogen) atoms. The molecule has 0 saturated carbocycles. The third-order valence-corrected chi connectivity index (χ3v) is 4.18. The predicted octanol–water partition coefficient (Wildman–Crippen LogP) is 3.96. The van der Waals surface area contributed by atoms with Crippen molar-refractivity contribution in [2.75, 3.05) is 11.9 Å². The molecule has 0 radical (unpaired) electrons. The molecule has 0 saturated heterocycles. The Morgan fingerprint density at radius 1 is 0.889 bits per heavy atom. The van der Waals surface area contributed by atoms with E-state index in [-0.39, 0.29) is 11.8 Å². The van der Waals surface area contributed by atoms with E-state index in [9.17, 15) is 9.59 Å². The van der Waals surface area contributed by atoms with Crippen molar-refractivity contribution in [3.8, 4) is 0 Å². The number of hydrogen-bond acceptors (Lipinski definition) is 3. The van der Waals surface area contributed by atoms with Crippen molar-refractivity contribution in [2.45, 2.75) is 6.42 Å². The van der Waals surface area contributed by atoms with Crippen molar-refractivity contribution in [2.24, 2.45) is 0 Å². The van der Waals surface area contributed by atoms with Crippen LogP contribution in [-0.4, -0.2) is 23.3 Å². The lowest BCUT2D eigenvalue weighted by Gasteiger charge is -2.11. The van der Waals surface area contributed by atoms with Crippen LogP contribution in [0.5, 0.6) is 0 Å². The maximum Gasteiger partial charge on any atom is 0.257 e. The molecule has 2 aromatic carbocycles. The second kappa shape index (κ2) is 8.96. The fourth-order valence-corrected chi connectivity index (χ4v) is 2.67. The minimum Gasteiger partial charge on any atom is -0.352 e. The van der Waals surface area contributed by atoms with Crippen LogP contribution >= 0.6 is 11.6 Å². The fourth-order valence-electron chi connectivity index (χ4n) is 2.56. The molecule has 0 spiro atoms. The number of nitrogens with one attached hydrogen (secondary N) is 2. The van der Waals surface area contributed by atoms with Gasteiger partial charge in [0, 0.05) is 12.7 Å². The first-order valence-electron chi connectivity index (χ1n) is 8.47. The van der Waals surface area contributed by atoms with Crippen LogP contribution in [0.3, 0.4) is 0 Å². The summed E-state index contributed by atoms with van der Waals surface area (Å²) in [5, 5.41) is 5.95. The summed E-state index contributed by atoms with van der Waals surface area (Å²) in [6, 6.07) is 19.9. The maximum atomic E-state index is 12.5. The van der Waals surface area contributed by atoms with E-state index in [4.69, 9.17) is 11.6 Å². The lowest BCUT2D eigenvalue weighted by molar-refractivity contribution is 0.0955. The Morgan fingerprint density at radius 2 is 1.63 bits per heavy atom. The van der Waals surface area contributed by atoms with Crippen LogP contribution in [0.15, 0.2) is 72.9 Å². The van der Waals surface area contributed by atoms with Crippen LogP contribution < -0.4 is 10.6 Å². The average Bonchev–Trinajstić information content (AvgIpc) is 2.69. The van der Waals surface area contributed by atoms with Gasteiger partial charge in [0.2, 0.25) is 0 Å². The van der Waals surface area contributed by atoms with Crippen LogP contribution in [0.2, 0.25) is 5.15 Å². The highest BCUT2D eigenvalue weighted by Crippen LogP contribution is 2.16. The van der Waals surface area contributed by atoms with Gasteiger partial charge in [-0.15, -0.1) is 0 Å². The lowest BCUT2D eigenvalue weighted by Crippen LogP contribution is -2.27. The Balaban J connectivity index is 1.65. The zero-order chi connectivity index (χ0) is 19.1. The van der Waals surface area contributed by atoms with E-state index in [2.05, 4.69) is 15.6 Å². The fraction of sp³-hybridized carbons (Fsp3) is 0.0952. The van der Waals surface area contributed by atoms with Crippen LogP contribution in [0.1, 0.15) is 26.3 Å². The summed E-state index contributed by atoms with van der Waals surface area (Å²) >= 11 is 5.74. The summed E-state index contributed by atoms with van der Waals surface area (Å²) in [5.74, 6) is -0.597. The maximum absolute atomic E-state index is 12.5. The summed E-state index contributed by atoms with van der Waals surface area (Å²) in [7, 11) is 0. The number of carbonyl (C=O) groups excluding carboxylic acids is 2. The molecule has 0 bridgehead atoms. The molecule has 1 aromatic heterocycles. The molecule has 0 unspecified atom stereocenters. The molecule has 3 rings (SSSR count). The van der Waals surface area contributed by atoms with Crippen molar-refractivity contribution in [1.29, 1.82) is 0 Å². The zero-order valence-electron chi connectivity index (χ0n) is 14.5. The van der Waals surface area contributed by atoms with Crippen molar-refractivity contribution >= 4 is 29.1 Å². The molecular weight excluding hydrogens is 362 g/mol. The number of pyridine rings is 1. The Bertz CT molecular complexity index is 928. The molecule has 136 valence electrons. The highest BCUT2D eigenvalue weighted by atomic mass is 35.5. The van der Waals surface area contributed by atoms with E-state index in [0.717, 1.165) is 12.0 Å². The standard InChI is InChI=1S/C21H18ClN3O2/c22-19-11-10-16(14-24-19)20(26)25-18-9-5-4-8-17(18)21(27)23-13-12-15-6-2-1-3-7-15/h1-11,14H,12-13H2,(H,23,27)(H,25,26). The van der Waals surface area contributed by atoms with Crippen molar-refractivity contribution in [3.63, 3.8) is 0 Å². The smallest absolute Gasteiger partial charge is 0.257 e. The molecule has 3 aromatic rings. The van der Waals surface area contributed by atoms with Crippen molar-refractivity contribution < 1.29 is 9.59 Å². The van der Waals surface area contributed by atoms with Gasteiger partial charge in [-0.1, -0.05) is 54.1 Å². The van der Waals surface area contributed by atoms with E-state index in [1.54, 1.807) is 36.4 Å². The molecular formula is C21H18ClN3O2. The molecule has 0 aliphatic heterocycles. The minimum atomic E-state index is -0.358. The topological polar surface area (TPSA) is 71.1 Å². The van der Waals surface area contributed by atoms with Crippen molar-refractivity contribution in [3.05, 3.63) is 94.8 Å². The van der Waals surface area contributed by atoms with Crippen LogP contribution in [0.4, 0.5) is 5.69 Å². The Morgan fingerprint density at radius 3 is 2.37 bits per heavy atom. The quantitative estimate of drug-likeness (QED) is 0.637. The molecule has 1 heterocycles. The van der Waals surface area contributed by atoms with Gasteiger partial charge in [-0.2, -0.15) is 0 Å². The van der Waals surface area contributed by atoms with Crippen LogP contribution in [-0.2, 0) is 6.42 Å². The van der Waals surface area contributed by atoms with Crippen molar-refractivity contribution in [1.82, 2.24) is 10.3 Å². The van der Waals surface area contributed by atoms with Gasteiger partial charge in [0.25, 0.3) is 11.8 Å². The molecule has 0 aliphatic rings. The highest BCUT2D eigenvalue weighted by molar-refractivity contribution is 6.29. The van der Waals surface area contributed by atoms with Gasteiger partial charge in [0.15, 0.2) is 0 Å². The minimum absolute atomic E-state index is 0.240. The number of nitrogens with zero attached hydrogens (tertiary/aromatic N) is 1. The number of hydrogen-bond donors (Lipinski definition) is 2. The average molecular weight is 380 g/mol. The molecule has 5 nitrogen and oxygen atoms in total. The van der Waals surface area contributed by atoms with Gasteiger partial charge in [-0.3, -0.25) is 9.59 Å². The predicted molar refractivity (Wildman–Crippen MR) is 106 cm³/mol. The second-order valence-corrected chi connectivity index (χ2v) is 6.25. The molecule has 2 amide bonds. The SMILES string of the molecule is O=C(Nc1ccccc1C(=O)NCCc1ccccc1)c1ccc(Cl)nc1. The normalized spacial score (nSPS) is 10.3. The number of para-hydroxylation sites is 1. The van der Waals surface area contributed by atoms with E-state index in [1.807, 2.05) is 30.3 Å². The number of rotatable bonds is 6. The zero-order valence-corrected chi connectivity index (χ0v) is 15.2. The highest BCUT2D eigenvalue weighted by Gasteiger charge is 2.14. The molecule has 0 fully saturated rings. The molecule has 2 N–H and O–H groups in total. The first kappa shape index (κ1) is 18.6. The summed E-state index contributed by atoms with van der Waals surface area (Å²) < 4.78 is 0. The number of benzene rings is 2. The monoisotopic (exact) mass is 379 g/mol. The van der Waals surface area contributed by atoms with Gasteiger partial charge in [0.05, 0.1) is 16.8 Å². The van der Waals surface area contributed by atoms with Crippen LogP contribution in [0.25, 0.3) is 0 Å². The van der Waals surface area contributed by atoms with Gasteiger partial charge < -0.3 is 10.6 Å². The largest absolute Gasteiger partial charge is 0.352 e. The summed E-state index contributed by atoms with van der Waals surface area (Å²) in [6.45, 7) is 0.506. The molecule has 0 aliphatic carbocycles. The number of anilines is 1. The summed E-state index contributed by atoms with van der Waals surface area (Å²) in [5.41, 5.74) is 2.35. The van der Waals surface area contributed by atoms with E-state index in [1.165, 1.54) is 6.20 Å². The van der Waals surface area contributed by atoms with Crippen LogP contribution in [0, 0.1) is 0 Å². The second-order valence-electron chi connectivity index (χ2n) is 5.86. The number of aromatic nitrogens is 1. The van der Waals surface area contributed by atoms with Gasteiger partial charge in [-0.25, -0.2) is 4.98 Å². The van der Waals surface area contributed by atoms with Gasteiger partial charge in [-0.05, 0) is 36.2 Å². The third-order valence-electron chi connectivity index (χ3n) is 3.95. The molecule has 6 heteroatoms. The van der Waals surface area contributed by atoms with Gasteiger partial charge in [0.1, 0.15) is 5.15 Å². The number of amides is 2. The molecule has 0 atom stereocenters. The summed E-state index contributed by atoms with van der Waals surface area (Å²) in [4.78, 5) is 28.8. The van der Waals surface area contributed by atoms with Gasteiger partial charge >= 0.3 is 0 Å². The number of halogens is 1. The summed E-state index contributed by atoms with van der Waals surface area (Å²) in [6.07, 6.45) is 2.12. The Hall–Kier alpha value is -3.18.